The minimum absolute atomic E-state index is 0.216. The molecule has 8 fully saturated rings. The Bertz CT molecular complexity index is 1280. The Labute approximate surface area is 314 Å². The molecule has 0 spiro atoms. The maximum absolute atomic E-state index is 13.6. The fourth-order valence-corrected chi connectivity index (χ4v) is 18.5. The number of hydrogen-bond donors (Lipinski definition) is 0. The van der Waals surface area contributed by atoms with Crippen molar-refractivity contribution in [1.82, 2.24) is 0 Å². The molecule has 0 N–H and O–H groups in total. The van der Waals surface area contributed by atoms with Crippen LogP contribution in [0.5, 0.6) is 0 Å². The molecule has 0 bridgehead atoms. The average Bonchev–Trinajstić information content (AvgIpc) is 3.64. The summed E-state index contributed by atoms with van der Waals surface area (Å²) in [6.45, 7) is 20.3. The highest BCUT2D eigenvalue weighted by Crippen LogP contribution is 2.70. The molecule has 292 valence electrons. The van der Waals surface area contributed by atoms with E-state index in [1.807, 2.05) is 0 Å². The Balaban J connectivity index is 0.862. The normalized spacial score (nSPS) is 53.5. The summed E-state index contributed by atoms with van der Waals surface area (Å²) in [6.07, 6.45) is 24.5. The van der Waals surface area contributed by atoms with E-state index in [2.05, 4.69) is 55.4 Å². The Morgan fingerprint density at radius 1 is 0.510 bits per heavy atom. The molecule has 0 aromatic rings. The summed E-state index contributed by atoms with van der Waals surface area (Å²) in [5.41, 5.74) is 1.73. The molecular weight excluding hydrogens is 649 g/mol. The van der Waals surface area contributed by atoms with Gasteiger partial charge in [0.2, 0.25) is 0 Å². The summed E-state index contributed by atoms with van der Waals surface area (Å²) in [4.78, 5) is 0. The first-order valence-corrected chi connectivity index (χ1v) is 24.1. The summed E-state index contributed by atoms with van der Waals surface area (Å²) in [6, 6.07) is 0. The lowest BCUT2D eigenvalue weighted by Gasteiger charge is -2.61. The maximum Gasteiger partial charge on any atom is 0.400 e. The molecule has 0 heterocycles. The molecule has 0 radical (unpaired) electrons. The first kappa shape index (κ1) is 37.8. The molecule has 0 aromatic heterocycles. The monoisotopic (exact) mass is 727 g/mol. The summed E-state index contributed by atoms with van der Waals surface area (Å²) in [5, 5.41) is 0. The van der Waals surface area contributed by atoms with Crippen molar-refractivity contribution in [3.05, 3.63) is 0 Å². The van der Waals surface area contributed by atoms with Crippen molar-refractivity contribution in [2.75, 3.05) is 0 Å². The summed E-state index contributed by atoms with van der Waals surface area (Å²) in [5.74, 6) is 9.78. The van der Waals surface area contributed by atoms with Gasteiger partial charge in [0.15, 0.2) is 0 Å². The van der Waals surface area contributed by atoms with E-state index in [4.69, 9.17) is 8.37 Å². The van der Waals surface area contributed by atoms with Crippen molar-refractivity contribution in [2.24, 2.45) is 92.7 Å². The Kier molecular flexibility index (Phi) is 10.0. The second-order valence-corrected chi connectivity index (χ2v) is 23.1. The summed E-state index contributed by atoms with van der Waals surface area (Å²) < 4.78 is 39.3. The van der Waals surface area contributed by atoms with E-state index in [1.54, 1.807) is 0 Å². The molecule has 8 aliphatic carbocycles. The molecule has 0 saturated heterocycles. The maximum atomic E-state index is 13.6. The highest BCUT2D eigenvalue weighted by Gasteiger charge is 2.62. The van der Waals surface area contributed by atoms with Crippen LogP contribution in [0.3, 0.4) is 0 Å². The highest BCUT2D eigenvalue weighted by atomic mass is 32.3. The van der Waals surface area contributed by atoms with Gasteiger partial charge >= 0.3 is 10.4 Å². The van der Waals surface area contributed by atoms with Gasteiger partial charge in [0.05, 0.1) is 12.2 Å². The minimum atomic E-state index is -4.02. The predicted molar refractivity (Wildman–Crippen MR) is 208 cm³/mol. The van der Waals surface area contributed by atoms with Gasteiger partial charge in [0, 0.05) is 0 Å². The average molecular weight is 727 g/mol. The fraction of sp³-hybridized carbons (Fsp3) is 1.00. The van der Waals surface area contributed by atoms with Crippen molar-refractivity contribution in [3.63, 3.8) is 0 Å². The Hall–Kier alpha value is -0.130. The van der Waals surface area contributed by atoms with Crippen LogP contribution in [-0.2, 0) is 18.8 Å². The van der Waals surface area contributed by atoms with E-state index >= 15 is 0 Å². The van der Waals surface area contributed by atoms with E-state index < -0.39 is 10.4 Å². The highest BCUT2D eigenvalue weighted by molar-refractivity contribution is 7.81. The van der Waals surface area contributed by atoms with Crippen molar-refractivity contribution < 1.29 is 16.8 Å². The second kappa shape index (κ2) is 13.5. The van der Waals surface area contributed by atoms with Crippen LogP contribution in [-0.4, -0.2) is 20.6 Å². The number of fused-ring (bicyclic) bond motifs is 10. The molecule has 0 aromatic carbocycles. The second-order valence-electron chi connectivity index (χ2n) is 21.9. The van der Waals surface area contributed by atoms with Crippen molar-refractivity contribution >= 4 is 10.4 Å². The van der Waals surface area contributed by atoms with Crippen LogP contribution in [0.15, 0.2) is 0 Å². The molecule has 8 saturated carbocycles. The zero-order chi connectivity index (χ0) is 36.1. The third-order valence-corrected chi connectivity index (χ3v) is 21.6. The quantitative estimate of drug-likeness (QED) is 0.250. The molecule has 0 aliphatic heterocycles. The molecule has 0 amide bonds. The first-order valence-electron chi connectivity index (χ1n) is 22.8. The van der Waals surface area contributed by atoms with E-state index in [-0.39, 0.29) is 12.2 Å². The van der Waals surface area contributed by atoms with E-state index in [0.29, 0.717) is 33.5 Å². The smallest absolute Gasteiger partial charge is 0.245 e. The van der Waals surface area contributed by atoms with E-state index in [9.17, 15) is 8.42 Å². The SMILES string of the molecule is CC[C@@H](C)[C@H]1CC[C@H]2[C@@H]3CC[C@@H]4C[C@H](OS(=O)(=O)O[C@@H]5CC[C@@]6(C)[C@H](CC[C@@H]7[C@@H]6CC[C@]6(C)[C@@H]([C@H](C)CC)CC[C@@H]76)C5)CC[C@]4(C)[C@H]3CC[C@]12C. The van der Waals surface area contributed by atoms with Crippen LogP contribution < -0.4 is 0 Å². The summed E-state index contributed by atoms with van der Waals surface area (Å²) >= 11 is 0. The molecule has 18 atom stereocenters. The van der Waals surface area contributed by atoms with Gasteiger partial charge in [0.1, 0.15) is 0 Å². The Morgan fingerprint density at radius 3 is 1.27 bits per heavy atom. The molecule has 0 unspecified atom stereocenters. The van der Waals surface area contributed by atoms with Gasteiger partial charge in [-0.15, -0.1) is 0 Å². The third kappa shape index (κ3) is 6.01. The van der Waals surface area contributed by atoms with Crippen LogP contribution in [0.1, 0.15) is 184 Å². The van der Waals surface area contributed by atoms with Gasteiger partial charge in [-0.3, -0.25) is 0 Å². The fourth-order valence-electron chi connectivity index (χ4n) is 17.5. The van der Waals surface area contributed by atoms with Crippen LogP contribution in [0.25, 0.3) is 0 Å². The van der Waals surface area contributed by atoms with Crippen LogP contribution >= 0.6 is 0 Å². The van der Waals surface area contributed by atoms with Gasteiger partial charge in [-0.1, -0.05) is 68.2 Å². The molecule has 51 heavy (non-hydrogen) atoms. The largest absolute Gasteiger partial charge is 0.400 e. The molecular formula is C46H78O4S. The molecule has 4 nitrogen and oxygen atoms in total. The lowest BCUT2D eigenvalue weighted by atomic mass is 9.44. The van der Waals surface area contributed by atoms with Gasteiger partial charge in [-0.05, 0) is 208 Å². The zero-order valence-corrected chi connectivity index (χ0v) is 35.1. The predicted octanol–water partition coefficient (Wildman–Crippen LogP) is 12.4. The topological polar surface area (TPSA) is 52.6 Å². The van der Waals surface area contributed by atoms with Crippen LogP contribution in [0.4, 0.5) is 0 Å². The summed E-state index contributed by atoms with van der Waals surface area (Å²) in [7, 11) is -4.02. The van der Waals surface area contributed by atoms with Gasteiger partial charge in [0.25, 0.3) is 0 Å². The first-order chi connectivity index (χ1) is 24.2. The number of hydrogen-bond acceptors (Lipinski definition) is 4. The lowest BCUT2D eigenvalue weighted by Crippen LogP contribution is -2.54. The van der Waals surface area contributed by atoms with E-state index in [1.165, 1.54) is 89.9 Å². The lowest BCUT2D eigenvalue weighted by molar-refractivity contribution is -0.131. The third-order valence-electron chi connectivity index (χ3n) is 20.6. The van der Waals surface area contributed by atoms with Crippen LogP contribution in [0.2, 0.25) is 0 Å². The van der Waals surface area contributed by atoms with Gasteiger partial charge in [-0.25, -0.2) is 8.37 Å². The van der Waals surface area contributed by atoms with Crippen molar-refractivity contribution in [1.29, 1.82) is 0 Å². The standard InChI is InChI=1S/C46H78O4S/c1-9-29(3)37-15-17-39-35-13-11-31-27-33(19-23-43(31,5)41(35)21-25-45(37,39)7)49-51(47,48)50-34-20-24-44(6)32(28-34)12-14-36-40-18-16-38(30(4)10-2)46(40,8)26-22-42(36)44/h29-42H,9-28H2,1-8H3/t29-,30-,31-,32-,33-,34-,35+,36+,37-,38-,39+,40+,41+,42+,43+,44+,45-,46-/m1/s1. The van der Waals surface area contributed by atoms with E-state index in [0.717, 1.165) is 97.7 Å². The zero-order valence-electron chi connectivity index (χ0n) is 34.3. The van der Waals surface area contributed by atoms with Gasteiger partial charge in [-0.2, -0.15) is 8.42 Å². The molecule has 8 rings (SSSR count). The van der Waals surface area contributed by atoms with Crippen molar-refractivity contribution in [3.8, 4) is 0 Å². The van der Waals surface area contributed by atoms with Gasteiger partial charge < -0.3 is 0 Å². The van der Waals surface area contributed by atoms with Crippen molar-refractivity contribution in [2.45, 2.75) is 196 Å². The van der Waals surface area contributed by atoms with Crippen LogP contribution in [0, 0.1) is 92.7 Å². The molecule has 5 heteroatoms. The molecule has 8 aliphatic rings. The number of rotatable bonds is 8. The Morgan fingerprint density at radius 2 is 0.882 bits per heavy atom. The minimum Gasteiger partial charge on any atom is -0.245 e.